The van der Waals surface area contributed by atoms with Gasteiger partial charge in [-0.05, 0) is 30.3 Å². The number of hydrogen-bond acceptors (Lipinski definition) is 6. The van der Waals surface area contributed by atoms with Gasteiger partial charge in [-0.1, -0.05) is 20.8 Å². The maximum absolute atomic E-state index is 5.97. The molecule has 0 bridgehead atoms. The van der Waals surface area contributed by atoms with Gasteiger partial charge < -0.3 is 11.1 Å². The molecular formula is C13H20N4S2. The SMILES string of the molecule is Cc1nc(-c2c(N)nsc2NCC(C)C(C)C)cs1. The van der Waals surface area contributed by atoms with Gasteiger partial charge in [-0.2, -0.15) is 4.37 Å². The zero-order valence-corrected chi connectivity index (χ0v) is 13.4. The van der Waals surface area contributed by atoms with E-state index in [2.05, 4.69) is 35.4 Å². The van der Waals surface area contributed by atoms with Gasteiger partial charge in [-0.15, -0.1) is 11.3 Å². The normalized spacial score (nSPS) is 12.9. The molecule has 0 saturated heterocycles. The molecule has 0 fully saturated rings. The maximum Gasteiger partial charge on any atom is 0.148 e. The third-order valence-electron chi connectivity index (χ3n) is 3.32. The number of anilines is 2. The minimum absolute atomic E-state index is 0.565. The quantitative estimate of drug-likeness (QED) is 0.879. The number of thiazole rings is 1. The highest BCUT2D eigenvalue weighted by Gasteiger charge is 2.17. The number of aromatic nitrogens is 2. The predicted octanol–water partition coefficient (Wildman–Crippen LogP) is 3.86. The first-order chi connectivity index (χ1) is 8.99. The van der Waals surface area contributed by atoms with Crippen LogP contribution in [0.4, 0.5) is 10.8 Å². The smallest absolute Gasteiger partial charge is 0.148 e. The minimum Gasteiger partial charge on any atom is -0.382 e. The first-order valence-corrected chi connectivity index (χ1v) is 8.05. The van der Waals surface area contributed by atoms with Crippen LogP contribution in [0.25, 0.3) is 11.3 Å². The van der Waals surface area contributed by atoms with Gasteiger partial charge in [0.2, 0.25) is 0 Å². The molecule has 6 heteroatoms. The molecule has 3 N–H and O–H groups in total. The van der Waals surface area contributed by atoms with Crippen molar-refractivity contribution in [2.24, 2.45) is 11.8 Å². The molecule has 0 saturated carbocycles. The molecule has 0 aliphatic heterocycles. The van der Waals surface area contributed by atoms with Crippen molar-refractivity contribution in [1.82, 2.24) is 9.36 Å². The Kier molecular flexibility index (Phi) is 4.42. The number of hydrogen-bond donors (Lipinski definition) is 2. The highest BCUT2D eigenvalue weighted by Crippen LogP contribution is 2.37. The lowest BCUT2D eigenvalue weighted by Gasteiger charge is -2.16. The second kappa shape index (κ2) is 5.88. The van der Waals surface area contributed by atoms with E-state index in [0.717, 1.165) is 27.8 Å². The molecule has 2 aromatic rings. The molecule has 2 heterocycles. The number of aryl methyl sites for hydroxylation is 1. The summed E-state index contributed by atoms with van der Waals surface area (Å²) in [7, 11) is 0. The van der Waals surface area contributed by atoms with Crippen LogP contribution in [0.3, 0.4) is 0 Å². The van der Waals surface area contributed by atoms with Gasteiger partial charge in [-0.3, -0.25) is 0 Å². The first kappa shape index (κ1) is 14.3. The van der Waals surface area contributed by atoms with Gasteiger partial charge in [0, 0.05) is 11.9 Å². The predicted molar refractivity (Wildman–Crippen MR) is 84.9 cm³/mol. The molecule has 1 atom stereocenters. The average Bonchev–Trinajstić information content (AvgIpc) is 2.92. The van der Waals surface area contributed by atoms with Crippen LogP contribution >= 0.6 is 22.9 Å². The average molecular weight is 296 g/mol. The van der Waals surface area contributed by atoms with Gasteiger partial charge in [0.15, 0.2) is 0 Å². The van der Waals surface area contributed by atoms with Crippen molar-refractivity contribution in [2.45, 2.75) is 27.7 Å². The monoisotopic (exact) mass is 296 g/mol. The van der Waals surface area contributed by atoms with Crippen LogP contribution in [0.2, 0.25) is 0 Å². The van der Waals surface area contributed by atoms with E-state index in [-0.39, 0.29) is 0 Å². The molecule has 0 amide bonds. The second-order valence-corrected chi connectivity index (χ2v) is 6.96. The van der Waals surface area contributed by atoms with Crippen LogP contribution in [0.5, 0.6) is 0 Å². The van der Waals surface area contributed by atoms with E-state index in [1.165, 1.54) is 11.5 Å². The fraction of sp³-hybridized carbons (Fsp3) is 0.538. The topological polar surface area (TPSA) is 63.8 Å². The van der Waals surface area contributed by atoms with Gasteiger partial charge >= 0.3 is 0 Å². The summed E-state index contributed by atoms with van der Waals surface area (Å²) in [4.78, 5) is 4.50. The Balaban J connectivity index is 2.18. The van der Waals surface area contributed by atoms with E-state index >= 15 is 0 Å². The third kappa shape index (κ3) is 3.25. The van der Waals surface area contributed by atoms with Crippen LogP contribution < -0.4 is 11.1 Å². The number of nitrogens with one attached hydrogen (secondary N) is 1. The first-order valence-electron chi connectivity index (χ1n) is 6.40. The van der Waals surface area contributed by atoms with E-state index in [4.69, 9.17) is 5.73 Å². The zero-order valence-electron chi connectivity index (χ0n) is 11.7. The molecule has 4 nitrogen and oxygen atoms in total. The van der Waals surface area contributed by atoms with Crippen molar-refractivity contribution in [3.05, 3.63) is 10.4 Å². The Labute approximate surface area is 122 Å². The summed E-state index contributed by atoms with van der Waals surface area (Å²) in [5.41, 5.74) is 7.85. The molecule has 1 unspecified atom stereocenters. The van der Waals surface area contributed by atoms with Gasteiger partial charge in [0.05, 0.1) is 16.3 Å². The molecular weight excluding hydrogens is 276 g/mol. The van der Waals surface area contributed by atoms with Crippen molar-refractivity contribution >= 4 is 33.7 Å². The number of nitrogen functional groups attached to an aromatic ring is 1. The van der Waals surface area contributed by atoms with Crippen molar-refractivity contribution in [3.8, 4) is 11.3 Å². The largest absolute Gasteiger partial charge is 0.382 e. The van der Waals surface area contributed by atoms with Crippen molar-refractivity contribution in [3.63, 3.8) is 0 Å². The summed E-state index contributed by atoms with van der Waals surface area (Å²) in [5, 5.41) is 7.56. The lowest BCUT2D eigenvalue weighted by molar-refractivity contribution is 0.440. The van der Waals surface area contributed by atoms with E-state index in [1.807, 2.05) is 12.3 Å². The summed E-state index contributed by atoms with van der Waals surface area (Å²) >= 11 is 3.04. The molecule has 0 aliphatic carbocycles. The number of nitrogens with two attached hydrogens (primary N) is 1. The molecule has 2 rings (SSSR count). The summed E-state index contributed by atoms with van der Waals surface area (Å²) in [5.74, 6) is 1.83. The van der Waals surface area contributed by atoms with Gasteiger partial charge in [0.1, 0.15) is 10.8 Å². The summed E-state index contributed by atoms with van der Waals surface area (Å²) in [6, 6.07) is 0. The lowest BCUT2D eigenvalue weighted by atomic mass is 9.98. The summed E-state index contributed by atoms with van der Waals surface area (Å²) in [6.07, 6.45) is 0. The fourth-order valence-corrected chi connectivity index (χ4v) is 2.97. The molecule has 0 aromatic carbocycles. The van der Waals surface area contributed by atoms with Crippen molar-refractivity contribution in [1.29, 1.82) is 0 Å². The molecule has 104 valence electrons. The van der Waals surface area contributed by atoms with Crippen LogP contribution in [0.15, 0.2) is 5.38 Å². The Morgan fingerprint density at radius 1 is 1.37 bits per heavy atom. The lowest BCUT2D eigenvalue weighted by Crippen LogP contribution is -2.16. The van der Waals surface area contributed by atoms with E-state index < -0.39 is 0 Å². The highest BCUT2D eigenvalue weighted by molar-refractivity contribution is 7.11. The summed E-state index contributed by atoms with van der Waals surface area (Å²) < 4.78 is 4.25. The molecule has 19 heavy (non-hydrogen) atoms. The third-order valence-corrected chi connectivity index (χ3v) is 4.91. The fourth-order valence-electron chi connectivity index (χ4n) is 1.64. The maximum atomic E-state index is 5.97. The number of nitrogens with zero attached hydrogens (tertiary/aromatic N) is 2. The van der Waals surface area contributed by atoms with E-state index in [0.29, 0.717) is 17.7 Å². The Hall–Kier alpha value is -1.14. The Morgan fingerprint density at radius 2 is 2.11 bits per heavy atom. The van der Waals surface area contributed by atoms with E-state index in [9.17, 15) is 0 Å². The molecule has 0 radical (unpaired) electrons. The van der Waals surface area contributed by atoms with Crippen molar-refractivity contribution < 1.29 is 0 Å². The van der Waals surface area contributed by atoms with Gasteiger partial charge in [0.25, 0.3) is 0 Å². The highest BCUT2D eigenvalue weighted by atomic mass is 32.1. The van der Waals surface area contributed by atoms with Crippen LogP contribution in [-0.4, -0.2) is 15.9 Å². The van der Waals surface area contributed by atoms with Gasteiger partial charge in [-0.25, -0.2) is 4.98 Å². The summed E-state index contributed by atoms with van der Waals surface area (Å²) in [6.45, 7) is 9.64. The van der Waals surface area contributed by atoms with Crippen LogP contribution in [0.1, 0.15) is 25.8 Å². The van der Waals surface area contributed by atoms with Crippen LogP contribution in [-0.2, 0) is 0 Å². The van der Waals surface area contributed by atoms with Crippen LogP contribution in [0, 0.1) is 18.8 Å². The number of rotatable bonds is 5. The standard InChI is InChI=1S/C13H20N4S2/c1-7(2)8(3)5-15-13-11(12(14)17-19-13)10-6-18-9(4)16-10/h6-8,15H,5H2,1-4H3,(H2,14,17). The minimum atomic E-state index is 0.565. The zero-order chi connectivity index (χ0) is 14.0. The van der Waals surface area contributed by atoms with Crippen molar-refractivity contribution in [2.75, 3.05) is 17.6 Å². The van der Waals surface area contributed by atoms with E-state index in [1.54, 1.807) is 11.3 Å². The second-order valence-electron chi connectivity index (χ2n) is 5.13. The Morgan fingerprint density at radius 3 is 2.68 bits per heavy atom. The molecule has 0 aliphatic rings. The Bertz CT molecular complexity index is 545. The molecule has 0 spiro atoms. The molecule has 2 aromatic heterocycles.